The van der Waals surface area contributed by atoms with Gasteiger partial charge in [-0.25, -0.2) is 4.79 Å². The Bertz CT molecular complexity index is 149. The Morgan fingerprint density at radius 2 is 2.15 bits per heavy atom. The van der Waals surface area contributed by atoms with Crippen LogP contribution in [0, 0.1) is 0 Å². The van der Waals surface area contributed by atoms with E-state index < -0.39 is 12.1 Å². The van der Waals surface area contributed by atoms with Crippen LogP contribution in [0.3, 0.4) is 0 Å². The largest absolute Gasteiger partial charge is 0.461 e. The molecular weight excluding hydrogens is 196 g/mol. The van der Waals surface area contributed by atoms with Crippen molar-refractivity contribution >= 4 is 17.6 Å². The number of hydrogen-bond donors (Lipinski definition) is 1. The molecule has 2 atom stereocenters. The maximum absolute atomic E-state index is 10.9. The van der Waals surface area contributed by atoms with E-state index in [1.165, 1.54) is 6.92 Å². The molecule has 5 heteroatoms. The normalized spacial score (nSPS) is 15.1. The van der Waals surface area contributed by atoms with E-state index in [0.29, 0.717) is 5.88 Å². The van der Waals surface area contributed by atoms with Crippen molar-refractivity contribution in [2.24, 2.45) is 0 Å². The SMILES string of the molecule is CC(O)COC(=O)COC(C)CCl. The molecule has 0 rings (SSSR count). The van der Waals surface area contributed by atoms with Crippen LogP contribution in [-0.4, -0.2) is 42.4 Å². The lowest BCUT2D eigenvalue weighted by Crippen LogP contribution is -2.22. The minimum absolute atomic E-state index is 0.00253. The molecule has 1 N–H and O–H groups in total. The Balaban J connectivity index is 3.40. The van der Waals surface area contributed by atoms with Gasteiger partial charge in [-0.05, 0) is 13.8 Å². The van der Waals surface area contributed by atoms with Gasteiger partial charge in [0.2, 0.25) is 0 Å². The standard InChI is InChI=1S/C8H15ClO4/c1-6(10)4-13-8(11)5-12-7(2)3-9/h6-7,10H,3-5H2,1-2H3. The third-order valence-corrected chi connectivity index (χ3v) is 1.62. The number of hydrogen-bond acceptors (Lipinski definition) is 4. The molecule has 4 nitrogen and oxygen atoms in total. The summed E-state index contributed by atoms with van der Waals surface area (Å²) in [5.74, 6) is -0.151. The predicted molar refractivity (Wildman–Crippen MR) is 48.8 cm³/mol. The van der Waals surface area contributed by atoms with Gasteiger partial charge in [0.25, 0.3) is 0 Å². The van der Waals surface area contributed by atoms with Gasteiger partial charge in [0.15, 0.2) is 0 Å². The van der Waals surface area contributed by atoms with Gasteiger partial charge in [0.05, 0.1) is 12.2 Å². The number of ether oxygens (including phenoxy) is 2. The number of halogens is 1. The molecule has 0 heterocycles. The van der Waals surface area contributed by atoms with Crippen molar-refractivity contribution in [1.82, 2.24) is 0 Å². The number of carbonyl (C=O) groups excluding carboxylic acids is 1. The molecule has 0 saturated carbocycles. The van der Waals surface area contributed by atoms with Crippen LogP contribution in [0.15, 0.2) is 0 Å². The summed E-state index contributed by atoms with van der Waals surface area (Å²) in [5, 5.41) is 8.79. The highest BCUT2D eigenvalue weighted by atomic mass is 35.5. The van der Waals surface area contributed by atoms with Crippen molar-refractivity contribution in [1.29, 1.82) is 0 Å². The number of alkyl halides is 1. The van der Waals surface area contributed by atoms with E-state index in [4.69, 9.17) is 21.4 Å². The molecule has 78 valence electrons. The topological polar surface area (TPSA) is 55.8 Å². The van der Waals surface area contributed by atoms with Gasteiger partial charge in [-0.3, -0.25) is 0 Å². The van der Waals surface area contributed by atoms with Gasteiger partial charge in [-0.2, -0.15) is 0 Å². The zero-order valence-electron chi connectivity index (χ0n) is 7.83. The third kappa shape index (κ3) is 8.02. The Labute approximate surface area is 82.8 Å². The van der Waals surface area contributed by atoms with Crippen LogP contribution in [-0.2, 0) is 14.3 Å². The van der Waals surface area contributed by atoms with Crippen LogP contribution in [0.1, 0.15) is 13.8 Å². The molecule has 0 aromatic rings. The summed E-state index contributed by atoms with van der Waals surface area (Å²) >= 11 is 5.45. The second-order valence-corrected chi connectivity index (χ2v) is 3.12. The highest BCUT2D eigenvalue weighted by molar-refractivity contribution is 6.18. The fraction of sp³-hybridized carbons (Fsp3) is 0.875. The highest BCUT2D eigenvalue weighted by Gasteiger charge is 2.07. The molecule has 0 saturated heterocycles. The quantitative estimate of drug-likeness (QED) is 0.514. The zero-order chi connectivity index (χ0) is 10.3. The van der Waals surface area contributed by atoms with Crippen molar-refractivity contribution in [2.75, 3.05) is 19.1 Å². The Kier molecular flexibility index (Phi) is 6.94. The fourth-order valence-electron chi connectivity index (χ4n) is 0.510. The Morgan fingerprint density at radius 3 is 2.62 bits per heavy atom. The number of aliphatic hydroxyl groups excluding tert-OH is 1. The maximum Gasteiger partial charge on any atom is 0.332 e. The van der Waals surface area contributed by atoms with E-state index in [9.17, 15) is 4.79 Å². The Morgan fingerprint density at radius 1 is 1.54 bits per heavy atom. The van der Waals surface area contributed by atoms with Crippen molar-refractivity contribution in [3.05, 3.63) is 0 Å². The first-order chi connectivity index (χ1) is 6.06. The van der Waals surface area contributed by atoms with Gasteiger partial charge in [0, 0.05) is 5.88 Å². The third-order valence-electron chi connectivity index (χ3n) is 1.19. The Hall–Kier alpha value is -0.320. The first-order valence-corrected chi connectivity index (χ1v) is 4.61. The van der Waals surface area contributed by atoms with Gasteiger partial charge >= 0.3 is 5.97 Å². The first kappa shape index (κ1) is 12.7. The molecule has 0 aliphatic rings. The molecule has 0 fully saturated rings. The van der Waals surface area contributed by atoms with Crippen molar-refractivity contribution in [2.45, 2.75) is 26.1 Å². The van der Waals surface area contributed by atoms with Crippen LogP contribution < -0.4 is 0 Å². The molecule has 0 aromatic carbocycles. The summed E-state index contributed by atoms with van der Waals surface area (Å²) in [6.45, 7) is 3.17. The molecule has 0 bridgehead atoms. The van der Waals surface area contributed by atoms with Crippen molar-refractivity contribution < 1.29 is 19.4 Å². The summed E-state index contributed by atoms with van der Waals surface area (Å²) in [6, 6.07) is 0. The maximum atomic E-state index is 10.9. The number of rotatable bonds is 6. The summed E-state index contributed by atoms with van der Waals surface area (Å²) in [4.78, 5) is 10.9. The minimum atomic E-state index is -0.644. The second-order valence-electron chi connectivity index (χ2n) is 2.81. The zero-order valence-corrected chi connectivity index (χ0v) is 8.58. The summed E-state index contributed by atoms with van der Waals surface area (Å²) < 4.78 is 9.64. The van der Waals surface area contributed by atoms with Gasteiger partial charge in [0.1, 0.15) is 13.2 Å². The van der Waals surface area contributed by atoms with E-state index in [1.807, 2.05) is 0 Å². The molecule has 0 aliphatic carbocycles. The monoisotopic (exact) mass is 210 g/mol. The molecule has 0 spiro atoms. The molecule has 0 aromatic heterocycles. The first-order valence-electron chi connectivity index (χ1n) is 4.07. The molecule has 0 amide bonds. The second kappa shape index (κ2) is 7.12. The minimum Gasteiger partial charge on any atom is -0.461 e. The molecular formula is C8H15ClO4. The summed E-state index contributed by atoms with van der Waals surface area (Å²) in [6.07, 6.45) is -0.810. The van der Waals surface area contributed by atoms with E-state index >= 15 is 0 Å². The van der Waals surface area contributed by atoms with E-state index in [0.717, 1.165) is 0 Å². The van der Waals surface area contributed by atoms with Gasteiger partial charge < -0.3 is 14.6 Å². The summed E-state index contributed by atoms with van der Waals surface area (Å²) in [7, 11) is 0. The van der Waals surface area contributed by atoms with Crippen LogP contribution in [0.25, 0.3) is 0 Å². The van der Waals surface area contributed by atoms with Crippen molar-refractivity contribution in [3.63, 3.8) is 0 Å². The van der Waals surface area contributed by atoms with E-state index in [2.05, 4.69) is 4.74 Å². The molecule has 2 unspecified atom stereocenters. The number of esters is 1. The van der Waals surface area contributed by atoms with Crippen LogP contribution in [0.2, 0.25) is 0 Å². The average Bonchev–Trinajstić information content (AvgIpc) is 2.10. The van der Waals surface area contributed by atoms with Crippen LogP contribution >= 0.6 is 11.6 Å². The smallest absolute Gasteiger partial charge is 0.332 e. The molecule has 13 heavy (non-hydrogen) atoms. The molecule has 0 aliphatic heterocycles. The lowest BCUT2D eigenvalue weighted by atomic mass is 10.4. The van der Waals surface area contributed by atoms with Gasteiger partial charge in [-0.1, -0.05) is 0 Å². The number of carbonyl (C=O) groups is 1. The van der Waals surface area contributed by atoms with Crippen LogP contribution in [0.5, 0.6) is 0 Å². The van der Waals surface area contributed by atoms with Crippen molar-refractivity contribution in [3.8, 4) is 0 Å². The number of aliphatic hydroxyl groups is 1. The highest BCUT2D eigenvalue weighted by Crippen LogP contribution is 1.94. The van der Waals surface area contributed by atoms with Crippen LogP contribution in [0.4, 0.5) is 0 Å². The lowest BCUT2D eigenvalue weighted by molar-refractivity contribution is -0.153. The fourth-order valence-corrected chi connectivity index (χ4v) is 0.599. The van der Waals surface area contributed by atoms with Gasteiger partial charge in [-0.15, -0.1) is 11.6 Å². The van der Waals surface area contributed by atoms with E-state index in [-0.39, 0.29) is 19.3 Å². The average molecular weight is 211 g/mol. The molecule has 0 radical (unpaired) electrons. The predicted octanol–water partition coefficient (Wildman–Crippen LogP) is 0.554. The summed E-state index contributed by atoms with van der Waals surface area (Å²) in [5.41, 5.74) is 0. The lowest BCUT2D eigenvalue weighted by Gasteiger charge is -2.10. The van der Waals surface area contributed by atoms with E-state index in [1.54, 1.807) is 6.92 Å².